The van der Waals surface area contributed by atoms with E-state index in [4.69, 9.17) is 18.9 Å². The highest BCUT2D eigenvalue weighted by Crippen LogP contribution is 2.43. The summed E-state index contributed by atoms with van der Waals surface area (Å²) >= 11 is 0. The van der Waals surface area contributed by atoms with Crippen molar-refractivity contribution in [3.63, 3.8) is 0 Å². The molecule has 0 N–H and O–H groups in total. The van der Waals surface area contributed by atoms with E-state index in [1.54, 1.807) is 27.7 Å². The molecule has 55 heavy (non-hydrogen) atoms. The van der Waals surface area contributed by atoms with Crippen LogP contribution in [0.1, 0.15) is 114 Å². The van der Waals surface area contributed by atoms with E-state index in [0.717, 1.165) is 54.9 Å². The van der Waals surface area contributed by atoms with Crippen molar-refractivity contribution >= 4 is 51.0 Å². The average molecular weight is 743 g/mol. The summed E-state index contributed by atoms with van der Waals surface area (Å²) in [4.78, 5) is 49.1. The first kappa shape index (κ1) is 39.2. The first-order valence-corrected chi connectivity index (χ1v) is 19.6. The third-order valence-corrected chi connectivity index (χ3v) is 10.4. The van der Waals surface area contributed by atoms with Gasteiger partial charge in [0, 0.05) is 32.1 Å². The molecule has 0 saturated carbocycles. The minimum Gasteiger partial charge on any atom is -0.462 e. The minimum atomic E-state index is -0.498. The maximum Gasteiger partial charge on any atom is 0.306 e. The van der Waals surface area contributed by atoms with Crippen molar-refractivity contribution in [2.75, 3.05) is 0 Å². The monoisotopic (exact) mass is 742 g/mol. The molecule has 0 saturated heterocycles. The standard InChI is InChI=1S/C47H50O8/c1-6-44(48)52-38-18-16-30(11-10-29(5)41(21-19-38)53-45(49)7-2)31-12-14-33-27-37-25-32(13-15-34(37)26-36(33)24-31)35-17-20-39-40(28-35)43(55-47(51)9-4)23-22-42(39)54-46(50)8-3/h10-17,20,24-28,38,41-43H,5-9,18-19,21-23H2,1-4H3/b11-10-,30-16+. The smallest absolute Gasteiger partial charge is 0.306 e. The molecular weight excluding hydrogens is 693 g/mol. The Morgan fingerprint density at radius 1 is 0.527 bits per heavy atom. The molecule has 4 unspecified atom stereocenters. The molecule has 6 rings (SSSR count). The van der Waals surface area contributed by atoms with Crippen molar-refractivity contribution < 1.29 is 38.1 Å². The van der Waals surface area contributed by atoms with Gasteiger partial charge in [0.2, 0.25) is 0 Å². The maximum atomic E-state index is 12.3. The normalized spacial score (nSPS) is 21.5. The van der Waals surface area contributed by atoms with Gasteiger partial charge in [0.05, 0.1) is 0 Å². The summed E-state index contributed by atoms with van der Waals surface area (Å²) in [6, 6.07) is 23.3. The van der Waals surface area contributed by atoms with Crippen LogP contribution in [0.15, 0.2) is 97.1 Å². The lowest BCUT2D eigenvalue weighted by molar-refractivity contribution is -0.155. The lowest BCUT2D eigenvalue weighted by Gasteiger charge is -2.31. The number of carbonyl (C=O) groups is 4. The van der Waals surface area contributed by atoms with Crippen LogP contribution in [0.4, 0.5) is 0 Å². The van der Waals surface area contributed by atoms with E-state index in [1.807, 2.05) is 24.3 Å². The first-order valence-electron chi connectivity index (χ1n) is 19.6. The number of rotatable bonds is 10. The molecule has 2 aliphatic carbocycles. The van der Waals surface area contributed by atoms with Gasteiger partial charge in [0.25, 0.3) is 0 Å². The number of ether oxygens (including phenoxy) is 4. The van der Waals surface area contributed by atoms with Crippen molar-refractivity contribution in [1.29, 1.82) is 0 Å². The van der Waals surface area contributed by atoms with Gasteiger partial charge in [0.1, 0.15) is 24.4 Å². The number of fused-ring (bicyclic) bond motifs is 3. The van der Waals surface area contributed by atoms with Crippen LogP contribution in [0, 0.1) is 0 Å². The number of esters is 4. The summed E-state index contributed by atoms with van der Waals surface area (Å²) in [5.41, 5.74) is 6.43. The fourth-order valence-electron chi connectivity index (χ4n) is 7.26. The zero-order chi connectivity index (χ0) is 39.1. The Bertz CT molecular complexity index is 2170. The Labute approximate surface area is 323 Å². The Hall–Kier alpha value is -5.50. The molecule has 2 aliphatic rings. The van der Waals surface area contributed by atoms with E-state index in [9.17, 15) is 19.2 Å². The number of hydrogen-bond acceptors (Lipinski definition) is 8. The molecule has 0 spiro atoms. The highest BCUT2D eigenvalue weighted by atomic mass is 16.6. The van der Waals surface area contributed by atoms with E-state index < -0.39 is 12.2 Å². The van der Waals surface area contributed by atoms with E-state index in [-0.39, 0.29) is 48.9 Å². The molecule has 0 heterocycles. The first-order chi connectivity index (χ1) is 26.6. The van der Waals surface area contributed by atoms with Crippen molar-refractivity contribution in [3.8, 4) is 11.1 Å². The lowest BCUT2D eigenvalue weighted by Crippen LogP contribution is -2.24. The fourth-order valence-corrected chi connectivity index (χ4v) is 7.26. The van der Waals surface area contributed by atoms with Gasteiger partial charge >= 0.3 is 23.9 Å². The van der Waals surface area contributed by atoms with Crippen LogP contribution in [0.5, 0.6) is 0 Å². The second-order valence-electron chi connectivity index (χ2n) is 14.2. The van der Waals surface area contributed by atoms with Gasteiger partial charge < -0.3 is 18.9 Å². The Kier molecular flexibility index (Phi) is 12.7. The summed E-state index contributed by atoms with van der Waals surface area (Å²) < 4.78 is 23.2. The van der Waals surface area contributed by atoms with Crippen LogP contribution in [-0.2, 0) is 38.1 Å². The number of hydrogen-bond donors (Lipinski definition) is 0. The third-order valence-electron chi connectivity index (χ3n) is 10.4. The molecule has 0 aromatic heterocycles. The predicted molar refractivity (Wildman–Crippen MR) is 215 cm³/mol. The molecule has 0 fully saturated rings. The zero-order valence-corrected chi connectivity index (χ0v) is 32.2. The van der Waals surface area contributed by atoms with Crippen LogP contribution < -0.4 is 0 Å². The van der Waals surface area contributed by atoms with Crippen LogP contribution in [-0.4, -0.2) is 36.1 Å². The zero-order valence-electron chi connectivity index (χ0n) is 32.2. The Morgan fingerprint density at radius 2 is 1.02 bits per heavy atom. The Morgan fingerprint density at radius 3 is 1.64 bits per heavy atom. The van der Waals surface area contributed by atoms with Gasteiger partial charge in [-0.1, -0.05) is 88.9 Å². The number of carbonyl (C=O) groups excluding carboxylic acids is 4. The van der Waals surface area contributed by atoms with Crippen LogP contribution in [0.25, 0.3) is 38.2 Å². The molecule has 0 amide bonds. The topological polar surface area (TPSA) is 105 Å². The second-order valence-corrected chi connectivity index (χ2v) is 14.2. The molecule has 286 valence electrons. The summed E-state index contributed by atoms with van der Waals surface area (Å²) in [6.07, 6.45) is 8.31. The van der Waals surface area contributed by atoms with Gasteiger partial charge in [-0.3, -0.25) is 19.2 Å². The molecule has 4 atom stereocenters. The van der Waals surface area contributed by atoms with Crippen molar-refractivity contribution in [2.24, 2.45) is 0 Å². The number of benzene rings is 4. The molecule has 0 bridgehead atoms. The predicted octanol–water partition coefficient (Wildman–Crippen LogP) is 10.8. The molecule has 0 radical (unpaired) electrons. The molecular formula is C47H50O8. The molecule has 4 aromatic rings. The van der Waals surface area contributed by atoms with Crippen LogP contribution >= 0.6 is 0 Å². The Balaban J connectivity index is 1.31. The van der Waals surface area contributed by atoms with Crippen molar-refractivity contribution in [3.05, 3.63) is 114 Å². The van der Waals surface area contributed by atoms with Crippen LogP contribution in [0.3, 0.4) is 0 Å². The van der Waals surface area contributed by atoms with Gasteiger partial charge in [-0.15, -0.1) is 0 Å². The van der Waals surface area contributed by atoms with E-state index in [1.165, 1.54) is 0 Å². The highest BCUT2D eigenvalue weighted by molar-refractivity contribution is 6.01. The van der Waals surface area contributed by atoms with Crippen LogP contribution in [0.2, 0.25) is 0 Å². The second kappa shape index (κ2) is 17.8. The summed E-state index contributed by atoms with van der Waals surface area (Å²) in [6.45, 7) is 11.3. The van der Waals surface area contributed by atoms with Gasteiger partial charge in [0.15, 0.2) is 0 Å². The summed E-state index contributed by atoms with van der Waals surface area (Å²) in [7, 11) is 0. The van der Waals surface area contributed by atoms with E-state index in [2.05, 4.69) is 67.3 Å². The van der Waals surface area contributed by atoms with Crippen molar-refractivity contribution in [2.45, 2.75) is 110 Å². The highest BCUT2D eigenvalue weighted by Gasteiger charge is 2.32. The molecule has 4 aromatic carbocycles. The quantitative estimate of drug-likeness (QED) is 0.0898. The van der Waals surface area contributed by atoms with Gasteiger partial charge in [-0.05, 0) is 117 Å². The van der Waals surface area contributed by atoms with Gasteiger partial charge in [-0.25, -0.2) is 0 Å². The maximum absolute atomic E-state index is 12.3. The summed E-state index contributed by atoms with van der Waals surface area (Å²) in [5.74, 6) is -1.06. The van der Waals surface area contributed by atoms with E-state index in [0.29, 0.717) is 50.5 Å². The average Bonchev–Trinajstić information content (AvgIpc) is 3.20. The largest absolute Gasteiger partial charge is 0.462 e. The molecule has 8 nitrogen and oxygen atoms in total. The van der Waals surface area contributed by atoms with Crippen molar-refractivity contribution in [1.82, 2.24) is 0 Å². The number of allylic oxidation sites excluding steroid dienone is 2. The fraction of sp³-hybridized carbons (Fsp3) is 0.362. The molecule has 8 heteroatoms. The minimum absolute atomic E-state index is 0.249. The summed E-state index contributed by atoms with van der Waals surface area (Å²) in [5, 5.41) is 4.33. The molecule has 0 aliphatic heterocycles. The van der Waals surface area contributed by atoms with Gasteiger partial charge in [-0.2, -0.15) is 0 Å². The lowest BCUT2D eigenvalue weighted by atomic mass is 9.84. The SMILES string of the molecule is C=C1/C=C\C(c2ccc3cc4cc(-c5ccc6c(c5)C(OC(=O)CC)CCC6OC(=O)CC)ccc4cc3c2)=C/CC(OC(=O)CC)CCC1OC(=O)CC. The third kappa shape index (κ3) is 9.42. The van der Waals surface area contributed by atoms with E-state index >= 15 is 0 Å².